The average Bonchev–Trinajstić information content (AvgIpc) is 2.84. The number of hydrazine groups is 1. The van der Waals surface area contributed by atoms with Gasteiger partial charge < -0.3 is 10.7 Å². The van der Waals surface area contributed by atoms with E-state index in [0.29, 0.717) is 11.9 Å². The highest BCUT2D eigenvalue weighted by molar-refractivity contribution is 7.99. The number of aromatic nitrogens is 2. The molecule has 17 heavy (non-hydrogen) atoms. The third kappa shape index (κ3) is 2.81. The van der Waals surface area contributed by atoms with Crippen molar-refractivity contribution in [1.82, 2.24) is 9.97 Å². The zero-order chi connectivity index (χ0) is 12.3. The van der Waals surface area contributed by atoms with E-state index in [2.05, 4.69) is 20.7 Å². The van der Waals surface area contributed by atoms with Crippen molar-refractivity contribution in [3.8, 4) is 0 Å². The standard InChI is InChI=1S/C11H19N5S/c1-3-9-14-10(7(2)11(15-9)16-12)13-8-4-5-17-6-8/h8H,3-6,12H2,1-2H3,(H2,13,14,15,16). The summed E-state index contributed by atoms with van der Waals surface area (Å²) in [6.45, 7) is 4.03. The molecule has 0 aliphatic carbocycles. The van der Waals surface area contributed by atoms with Crippen molar-refractivity contribution in [2.24, 2.45) is 5.84 Å². The summed E-state index contributed by atoms with van der Waals surface area (Å²) in [6, 6.07) is 0.518. The van der Waals surface area contributed by atoms with Gasteiger partial charge in [0.15, 0.2) is 0 Å². The molecule has 0 saturated carbocycles. The number of anilines is 2. The quantitative estimate of drug-likeness (QED) is 0.558. The number of rotatable bonds is 4. The summed E-state index contributed by atoms with van der Waals surface area (Å²) in [5.74, 6) is 10.3. The van der Waals surface area contributed by atoms with Gasteiger partial charge in [-0.2, -0.15) is 11.8 Å². The largest absolute Gasteiger partial charge is 0.366 e. The molecule has 94 valence electrons. The molecular formula is C11H19N5S. The van der Waals surface area contributed by atoms with Crippen LogP contribution in [0, 0.1) is 6.92 Å². The van der Waals surface area contributed by atoms with Crippen LogP contribution in [0.15, 0.2) is 0 Å². The summed E-state index contributed by atoms with van der Waals surface area (Å²) in [5, 5.41) is 3.49. The van der Waals surface area contributed by atoms with Crippen molar-refractivity contribution in [1.29, 1.82) is 0 Å². The van der Waals surface area contributed by atoms with E-state index < -0.39 is 0 Å². The van der Waals surface area contributed by atoms with Crippen LogP contribution in [0.2, 0.25) is 0 Å². The molecule has 4 N–H and O–H groups in total. The molecule has 1 fully saturated rings. The number of hydrogen-bond acceptors (Lipinski definition) is 6. The summed E-state index contributed by atoms with van der Waals surface area (Å²) in [4.78, 5) is 8.89. The Morgan fingerprint density at radius 3 is 2.76 bits per heavy atom. The highest BCUT2D eigenvalue weighted by atomic mass is 32.2. The van der Waals surface area contributed by atoms with E-state index in [9.17, 15) is 0 Å². The first-order valence-corrected chi connectivity index (χ1v) is 7.08. The molecule has 0 amide bonds. The van der Waals surface area contributed by atoms with E-state index in [1.165, 1.54) is 12.2 Å². The second-order valence-corrected chi connectivity index (χ2v) is 5.31. The van der Waals surface area contributed by atoms with Gasteiger partial charge in [0.1, 0.15) is 17.5 Å². The molecule has 1 atom stereocenters. The SMILES string of the molecule is CCc1nc(NN)c(C)c(NC2CCSC2)n1. The minimum atomic E-state index is 0.518. The molecule has 1 aliphatic heterocycles. The van der Waals surface area contributed by atoms with Crippen LogP contribution in [0.4, 0.5) is 11.6 Å². The van der Waals surface area contributed by atoms with E-state index in [-0.39, 0.29) is 0 Å². The maximum Gasteiger partial charge on any atom is 0.148 e. The monoisotopic (exact) mass is 253 g/mol. The van der Waals surface area contributed by atoms with Gasteiger partial charge in [-0.3, -0.25) is 0 Å². The molecule has 0 bridgehead atoms. The van der Waals surface area contributed by atoms with E-state index in [1.54, 1.807) is 0 Å². The fourth-order valence-corrected chi connectivity index (χ4v) is 3.00. The molecule has 1 saturated heterocycles. The lowest BCUT2D eigenvalue weighted by atomic mass is 10.2. The second kappa shape index (κ2) is 5.55. The van der Waals surface area contributed by atoms with Crippen molar-refractivity contribution in [3.05, 3.63) is 11.4 Å². The highest BCUT2D eigenvalue weighted by Crippen LogP contribution is 2.24. The van der Waals surface area contributed by atoms with Crippen LogP contribution in [0.25, 0.3) is 0 Å². The molecule has 2 rings (SSSR count). The molecule has 1 aliphatic rings. The Bertz CT molecular complexity index is 390. The van der Waals surface area contributed by atoms with Crippen LogP contribution in [0.3, 0.4) is 0 Å². The van der Waals surface area contributed by atoms with E-state index in [0.717, 1.165) is 29.4 Å². The van der Waals surface area contributed by atoms with E-state index in [4.69, 9.17) is 5.84 Å². The fourth-order valence-electron chi connectivity index (χ4n) is 1.84. The van der Waals surface area contributed by atoms with Gasteiger partial charge in [0, 0.05) is 23.8 Å². The predicted molar refractivity (Wildman–Crippen MR) is 73.3 cm³/mol. The number of thioether (sulfide) groups is 1. The van der Waals surface area contributed by atoms with Crippen LogP contribution < -0.4 is 16.6 Å². The normalized spacial score (nSPS) is 19.4. The van der Waals surface area contributed by atoms with Gasteiger partial charge in [0.05, 0.1) is 0 Å². The zero-order valence-electron chi connectivity index (χ0n) is 10.3. The lowest BCUT2D eigenvalue weighted by Crippen LogP contribution is -2.22. The minimum absolute atomic E-state index is 0.518. The highest BCUT2D eigenvalue weighted by Gasteiger charge is 2.18. The van der Waals surface area contributed by atoms with Gasteiger partial charge in [-0.15, -0.1) is 0 Å². The number of nitrogens with one attached hydrogen (secondary N) is 2. The zero-order valence-corrected chi connectivity index (χ0v) is 11.1. The van der Waals surface area contributed by atoms with Crippen LogP contribution in [-0.4, -0.2) is 27.5 Å². The van der Waals surface area contributed by atoms with Crippen molar-refractivity contribution in [2.75, 3.05) is 22.2 Å². The molecule has 0 spiro atoms. The maximum atomic E-state index is 5.48. The van der Waals surface area contributed by atoms with Crippen molar-refractivity contribution in [2.45, 2.75) is 32.7 Å². The third-order valence-corrected chi connectivity index (χ3v) is 4.08. The molecule has 1 unspecified atom stereocenters. The van der Waals surface area contributed by atoms with Gasteiger partial charge in [-0.05, 0) is 19.1 Å². The van der Waals surface area contributed by atoms with E-state index in [1.807, 2.05) is 25.6 Å². The molecular weight excluding hydrogens is 234 g/mol. The number of nitrogens with zero attached hydrogens (tertiary/aromatic N) is 2. The Labute approximate surface area is 106 Å². The minimum Gasteiger partial charge on any atom is -0.366 e. The Balaban J connectivity index is 2.24. The number of nitrogens with two attached hydrogens (primary N) is 1. The van der Waals surface area contributed by atoms with Gasteiger partial charge >= 0.3 is 0 Å². The molecule has 1 aromatic rings. The Morgan fingerprint density at radius 1 is 1.41 bits per heavy atom. The molecule has 6 heteroatoms. The average molecular weight is 253 g/mol. The molecule has 0 aromatic carbocycles. The number of hydrogen-bond donors (Lipinski definition) is 3. The smallest absolute Gasteiger partial charge is 0.148 e. The third-order valence-electron chi connectivity index (χ3n) is 2.92. The Kier molecular flexibility index (Phi) is 4.06. The summed E-state index contributed by atoms with van der Waals surface area (Å²) in [7, 11) is 0. The van der Waals surface area contributed by atoms with Crippen molar-refractivity contribution < 1.29 is 0 Å². The first-order chi connectivity index (χ1) is 8.24. The maximum absolute atomic E-state index is 5.48. The lowest BCUT2D eigenvalue weighted by molar-refractivity contribution is 0.797. The number of nitrogen functional groups attached to an aromatic ring is 1. The summed E-state index contributed by atoms with van der Waals surface area (Å²) in [5.41, 5.74) is 3.63. The topological polar surface area (TPSA) is 75.9 Å². The van der Waals surface area contributed by atoms with Gasteiger partial charge in [-0.1, -0.05) is 6.92 Å². The Hall–Kier alpha value is -1.01. The van der Waals surface area contributed by atoms with Crippen molar-refractivity contribution >= 4 is 23.4 Å². The second-order valence-electron chi connectivity index (χ2n) is 4.16. The molecule has 1 aromatic heterocycles. The van der Waals surface area contributed by atoms with Gasteiger partial charge in [0.2, 0.25) is 0 Å². The fraction of sp³-hybridized carbons (Fsp3) is 0.636. The van der Waals surface area contributed by atoms with E-state index >= 15 is 0 Å². The molecule has 0 radical (unpaired) electrons. The van der Waals surface area contributed by atoms with Crippen LogP contribution in [-0.2, 0) is 6.42 Å². The summed E-state index contributed by atoms with van der Waals surface area (Å²) < 4.78 is 0. The Morgan fingerprint density at radius 2 is 2.18 bits per heavy atom. The lowest BCUT2D eigenvalue weighted by Gasteiger charge is -2.16. The first kappa shape index (κ1) is 12.4. The summed E-state index contributed by atoms with van der Waals surface area (Å²) in [6.07, 6.45) is 2.00. The summed E-state index contributed by atoms with van der Waals surface area (Å²) >= 11 is 1.98. The van der Waals surface area contributed by atoms with Crippen molar-refractivity contribution in [3.63, 3.8) is 0 Å². The predicted octanol–water partition coefficient (Wildman–Crippen LogP) is 1.55. The van der Waals surface area contributed by atoms with Crippen LogP contribution in [0.1, 0.15) is 24.7 Å². The van der Waals surface area contributed by atoms with Gasteiger partial charge in [0.25, 0.3) is 0 Å². The first-order valence-electron chi connectivity index (χ1n) is 5.93. The van der Waals surface area contributed by atoms with Gasteiger partial charge in [-0.25, -0.2) is 15.8 Å². The molecule has 2 heterocycles. The molecule has 5 nitrogen and oxygen atoms in total. The van der Waals surface area contributed by atoms with Crippen LogP contribution in [0.5, 0.6) is 0 Å². The van der Waals surface area contributed by atoms with Crippen LogP contribution >= 0.6 is 11.8 Å². The number of aryl methyl sites for hydroxylation is 1.